The SMILES string of the molecule is Nn1c(SCC(=O)Nc2ccc(C(=O)O)cc2)nnc1-c1ccccc1Cl. The van der Waals surface area contributed by atoms with Gasteiger partial charge in [-0.25, -0.2) is 9.47 Å². The van der Waals surface area contributed by atoms with Crippen molar-refractivity contribution < 1.29 is 14.7 Å². The number of rotatable bonds is 6. The minimum atomic E-state index is -1.03. The molecule has 1 aromatic heterocycles. The second kappa shape index (κ2) is 8.11. The normalized spacial score (nSPS) is 10.6. The van der Waals surface area contributed by atoms with Crippen LogP contribution < -0.4 is 11.2 Å². The average molecular weight is 404 g/mol. The van der Waals surface area contributed by atoms with Gasteiger partial charge in [0.05, 0.1) is 16.3 Å². The van der Waals surface area contributed by atoms with E-state index in [-0.39, 0.29) is 17.2 Å². The molecule has 2 aromatic carbocycles. The highest BCUT2D eigenvalue weighted by molar-refractivity contribution is 7.99. The van der Waals surface area contributed by atoms with E-state index in [9.17, 15) is 9.59 Å². The summed E-state index contributed by atoms with van der Waals surface area (Å²) in [6, 6.07) is 13.0. The number of carboxylic acids is 1. The van der Waals surface area contributed by atoms with Gasteiger partial charge in [-0.1, -0.05) is 35.5 Å². The van der Waals surface area contributed by atoms with Crippen LogP contribution in [0.3, 0.4) is 0 Å². The largest absolute Gasteiger partial charge is 0.478 e. The predicted octanol–water partition coefficient (Wildman–Crippen LogP) is 2.74. The number of hydrogen-bond acceptors (Lipinski definition) is 6. The molecule has 0 aliphatic carbocycles. The Kier molecular flexibility index (Phi) is 5.63. The van der Waals surface area contributed by atoms with Crippen LogP contribution in [0.1, 0.15) is 10.4 Å². The van der Waals surface area contributed by atoms with Crippen molar-refractivity contribution in [3.8, 4) is 11.4 Å². The van der Waals surface area contributed by atoms with Crippen molar-refractivity contribution in [3.63, 3.8) is 0 Å². The van der Waals surface area contributed by atoms with E-state index in [0.717, 1.165) is 11.8 Å². The first-order chi connectivity index (χ1) is 13.0. The first-order valence-corrected chi connectivity index (χ1v) is 9.03. The van der Waals surface area contributed by atoms with Crippen LogP contribution in [0.5, 0.6) is 0 Å². The highest BCUT2D eigenvalue weighted by Gasteiger charge is 2.15. The Labute approximate surface area is 163 Å². The van der Waals surface area contributed by atoms with Gasteiger partial charge in [-0.05, 0) is 36.4 Å². The number of nitrogen functional groups attached to an aromatic ring is 1. The fraction of sp³-hybridized carbons (Fsp3) is 0.0588. The number of hydrogen-bond donors (Lipinski definition) is 3. The number of amides is 1. The Hall–Kier alpha value is -3.04. The quantitative estimate of drug-likeness (QED) is 0.427. The van der Waals surface area contributed by atoms with E-state index in [1.807, 2.05) is 6.07 Å². The number of nitrogens with two attached hydrogens (primary N) is 1. The Morgan fingerprint density at radius 3 is 2.52 bits per heavy atom. The van der Waals surface area contributed by atoms with E-state index in [4.69, 9.17) is 22.6 Å². The van der Waals surface area contributed by atoms with Crippen LogP contribution in [0, 0.1) is 0 Å². The van der Waals surface area contributed by atoms with E-state index in [1.165, 1.54) is 28.9 Å². The summed E-state index contributed by atoms with van der Waals surface area (Å²) >= 11 is 7.26. The summed E-state index contributed by atoms with van der Waals surface area (Å²) in [5, 5.41) is 20.4. The van der Waals surface area contributed by atoms with Crippen molar-refractivity contribution in [2.45, 2.75) is 5.16 Å². The molecule has 0 saturated carbocycles. The molecule has 0 radical (unpaired) electrons. The van der Waals surface area contributed by atoms with Gasteiger partial charge in [0.15, 0.2) is 5.82 Å². The number of aromatic carboxylic acids is 1. The first kappa shape index (κ1) is 18.7. The summed E-state index contributed by atoms with van der Waals surface area (Å²) in [7, 11) is 0. The minimum absolute atomic E-state index is 0.0541. The lowest BCUT2D eigenvalue weighted by atomic mass is 10.2. The second-order valence-electron chi connectivity index (χ2n) is 5.38. The van der Waals surface area contributed by atoms with Crippen molar-refractivity contribution in [2.24, 2.45) is 0 Å². The lowest BCUT2D eigenvalue weighted by Gasteiger charge is -2.06. The van der Waals surface area contributed by atoms with Crippen LogP contribution in [-0.4, -0.2) is 37.6 Å². The molecular weight excluding hydrogens is 390 g/mol. The number of carbonyl (C=O) groups is 2. The fourth-order valence-corrected chi connectivity index (χ4v) is 3.10. The zero-order valence-electron chi connectivity index (χ0n) is 13.8. The van der Waals surface area contributed by atoms with Crippen molar-refractivity contribution in [1.29, 1.82) is 0 Å². The Bertz CT molecular complexity index is 990. The molecule has 138 valence electrons. The molecule has 0 fully saturated rings. The number of nitrogens with zero attached hydrogens (tertiary/aromatic N) is 3. The zero-order chi connectivity index (χ0) is 19.4. The maximum absolute atomic E-state index is 12.1. The van der Waals surface area contributed by atoms with E-state index in [2.05, 4.69) is 15.5 Å². The molecule has 0 aliphatic heterocycles. The summed E-state index contributed by atoms with van der Waals surface area (Å²) in [6.07, 6.45) is 0. The number of thioether (sulfide) groups is 1. The first-order valence-electron chi connectivity index (χ1n) is 7.67. The number of anilines is 1. The number of nitrogens with one attached hydrogen (secondary N) is 1. The van der Waals surface area contributed by atoms with Gasteiger partial charge in [0.1, 0.15) is 0 Å². The average Bonchev–Trinajstić information content (AvgIpc) is 3.01. The maximum Gasteiger partial charge on any atom is 0.335 e. The smallest absolute Gasteiger partial charge is 0.335 e. The number of aromatic nitrogens is 3. The third kappa shape index (κ3) is 4.39. The van der Waals surface area contributed by atoms with E-state index >= 15 is 0 Å². The van der Waals surface area contributed by atoms with Gasteiger partial charge >= 0.3 is 5.97 Å². The summed E-state index contributed by atoms with van der Waals surface area (Å²) < 4.78 is 1.28. The predicted molar refractivity (Wildman–Crippen MR) is 103 cm³/mol. The van der Waals surface area contributed by atoms with Crippen LogP contribution in [0.4, 0.5) is 5.69 Å². The van der Waals surface area contributed by atoms with Gasteiger partial charge in [0.25, 0.3) is 0 Å². The van der Waals surface area contributed by atoms with Gasteiger partial charge in [-0.2, -0.15) is 0 Å². The molecule has 0 saturated heterocycles. The van der Waals surface area contributed by atoms with Crippen LogP contribution in [-0.2, 0) is 4.79 Å². The highest BCUT2D eigenvalue weighted by atomic mass is 35.5. The third-order valence-electron chi connectivity index (χ3n) is 3.53. The molecule has 0 unspecified atom stereocenters. The molecule has 3 rings (SSSR count). The second-order valence-corrected chi connectivity index (χ2v) is 6.73. The maximum atomic E-state index is 12.1. The summed E-state index contributed by atoms with van der Waals surface area (Å²) in [4.78, 5) is 22.9. The molecule has 27 heavy (non-hydrogen) atoms. The molecule has 1 amide bonds. The van der Waals surface area contributed by atoms with Crippen LogP contribution in [0.25, 0.3) is 11.4 Å². The van der Waals surface area contributed by atoms with E-state index in [0.29, 0.717) is 27.3 Å². The highest BCUT2D eigenvalue weighted by Crippen LogP contribution is 2.27. The molecule has 0 bridgehead atoms. The van der Waals surface area contributed by atoms with Crippen molar-refractivity contribution in [2.75, 3.05) is 16.9 Å². The summed E-state index contributed by atoms with van der Waals surface area (Å²) in [5.74, 6) is 5.15. The number of carbonyl (C=O) groups excluding carboxylic acids is 1. The standard InChI is InChI=1S/C17H14ClN5O3S/c18-13-4-2-1-3-12(13)15-21-22-17(23(15)19)27-9-14(24)20-11-7-5-10(6-8-11)16(25)26/h1-8H,9,19H2,(H,20,24)(H,25,26). The molecule has 1 heterocycles. The number of carboxylic acid groups (broad SMARTS) is 1. The summed E-state index contributed by atoms with van der Waals surface area (Å²) in [6.45, 7) is 0. The van der Waals surface area contributed by atoms with Crippen molar-refractivity contribution in [3.05, 3.63) is 59.1 Å². The minimum Gasteiger partial charge on any atom is -0.478 e. The van der Waals surface area contributed by atoms with Gasteiger partial charge in [0.2, 0.25) is 11.1 Å². The van der Waals surface area contributed by atoms with Gasteiger partial charge in [-0.15, -0.1) is 10.2 Å². The van der Waals surface area contributed by atoms with Crippen molar-refractivity contribution in [1.82, 2.24) is 14.9 Å². The molecule has 0 aliphatic rings. The lowest BCUT2D eigenvalue weighted by molar-refractivity contribution is -0.113. The van der Waals surface area contributed by atoms with Gasteiger partial charge < -0.3 is 16.3 Å². The summed E-state index contributed by atoms with van der Waals surface area (Å²) in [5.41, 5.74) is 1.28. The molecule has 3 aromatic rings. The molecule has 10 heteroatoms. The van der Waals surface area contributed by atoms with Crippen molar-refractivity contribution >= 4 is 40.9 Å². The van der Waals surface area contributed by atoms with Crippen LogP contribution in [0.2, 0.25) is 5.02 Å². The molecule has 4 N–H and O–H groups in total. The van der Waals surface area contributed by atoms with Gasteiger partial charge in [0, 0.05) is 11.3 Å². The molecule has 0 atom stereocenters. The Morgan fingerprint density at radius 1 is 1.15 bits per heavy atom. The fourth-order valence-electron chi connectivity index (χ4n) is 2.22. The Morgan fingerprint density at radius 2 is 1.85 bits per heavy atom. The zero-order valence-corrected chi connectivity index (χ0v) is 15.4. The van der Waals surface area contributed by atoms with Crippen LogP contribution in [0.15, 0.2) is 53.7 Å². The third-order valence-corrected chi connectivity index (χ3v) is 4.80. The van der Waals surface area contributed by atoms with E-state index in [1.54, 1.807) is 18.2 Å². The topological polar surface area (TPSA) is 123 Å². The lowest BCUT2D eigenvalue weighted by Crippen LogP contribution is -2.16. The number of benzene rings is 2. The monoisotopic (exact) mass is 403 g/mol. The van der Waals surface area contributed by atoms with E-state index < -0.39 is 5.97 Å². The molecule has 0 spiro atoms. The number of halogens is 1. The Balaban J connectivity index is 1.62. The van der Waals surface area contributed by atoms with Gasteiger partial charge in [-0.3, -0.25) is 4.79 Å². The molecular formula is C17H14ClN5O3S. The van der Waals surface area contributed by atoms with Crippen LogP contribution >= 0.6 is 23.4 Å². The molecule has 8 nitrogen and oxygen atoms in total.